The number of nitrogens with one attached hydrogen (secondary N) is 1. The first kappa shape index (κ1) is 24.2. The summed E-state index contributed by atoms with van der Waals surface area (Å²) in [5, 5.41) is 2.46. The van der Waals surface area contributed by atoms with Crippen LogP contribution in [0.25, 0.3) is 0 Å². The van der Waals surface area contributed by atoms with Crippen LogP contribution < -0.4 is 56.7 Å². The normalized spacial score (nSPS) is 10.2. The molecule has 0 aliphatic carbocycles. The molecule has 0 saturated carbocycles. The van der Waals surface area contributed by atoms with E-state index in [1.54, 1.807) is 31.2 Å². The van der Waals surface area contributed by atoms with Crippen molar-refractivity contribution in [3.8, 4) is 0 Å². The number of hydrogen-bond acceptors (Lipinski definition) is 5. The van der Waals surface area contributed by atoms with Crippen LogP contribution in [0, 0.1) is 0 Å². The van der Waals surface area contributed by atoms with Gasteiger partial charge in [-0.15, -0.1) is 5.25 Å². The van der Waals surface area contributed by atoms with Crippen LogP contribution in [-0.4, -0.2) is 23.9 Å². The SMILES string of the molecule is CC.CC(=O)OCc1ccc(NC(=O)OCC(C)[S-])cc1.[K+]. The van der Waals surface area contributed by atoms with E-state index in [2.05, 4.69) is 5.32 Å². The number of carbonyl (C=O) groups excluding carboxylic acids is 2. The molecule has 1 aromatic rings. The number of carbonyl (C=O) groups is 2. The number of benzene rings is 1. The maximum atomic E-state index is 11.4. The zero-order valence-electron chi connectivity index (χ0n) is 13.8. The molecule has 0 radical (unpaired) electrons. The van der Waals surface area contributed by atoms with Crippen LogP contribution >= 0.6 is 0 Å². The van der Waals surface area contributed by atoms with E-state index in [-0.39, 0.29) is 75.8 Å². The molecule has 1 aromatic carbocycles. The summed E-state index contributed by atoms with van der Waals surface area (Å²) in [5.41, 5.74) is 1.45. The quantitative estimate of drug-likeness (QED) is 0.468. The Bertz CT molecular complexity index is 438. The van der Waals surface area contributed by atoms with Crippen molar-refractivity contribution in [2.75, 3.05) is 11.9 Å². The summed E-state index contributed by atoms with van der Waals surface area (Å²) in [6.07, 6.45) is -0.538. The van der Waals surface area contributed by atoms with Crippen molar-refractivity contribution in [3.05, 3.63) is 29.8 Å². The molecule has 5 nitrogen and oxygen atoms in total. The fourth-order valence-electron chi connectivity index (χ4n) is 1.22. The first-order valence-corrected chi connectivity index (χ1v) is 7.26. The summed E-state index contributed by atoms with van der Waals surface area (Å²) in [4.78, 5) is 22.0. The Morgan fingerprint density at radius 1 is 1.18 bits per heavy atom. The van der Waals surface area contributed by atoms with Crippen molar-refractivity contribution in [1.29, 1.82) is 0 Å². The van der Waals surface area contributed by atoms with E-state index in [0.717, 1.165) is 5.56 Å². The molecule has 0 aromatic heterocycles. The molecule has 0 spiro atoms. The molecule has 1 N–H and O–H groups in total. The van der Waals surface area contributed by atoms with Crippen LogP contribution in [0.2, 0.25) is 0 Å². The van der Waals surface area contributed by atoms with Gasteiger partial charge in [-0.1, -0.05) is 32.9 Å². The van der Waals surface area contributed by atoms with Gasteiger partial charge >= 0.3 is 63.4 Å². The molecule has 1 amide bonds. The molecule has 0 fully saturated rings. The Labute approximate surface area is 180 Å². The third-order valence-electron chi connectivity index (χ3n) is 2.09. The Balaban J connectivity index is 0. The third kappa shape index (κ3) is 12.5. The van der Waals surface area contributed by atoms with Gasteiger partial charge in [-0.25, -0.2) is 4.79 Å². The average Bonchev–Trinajstić information content (AvgIpc) is 2.46. The van der Waals surface area contributed by atoms with Crippen LogP contribution in [0.15, 0.2) is 24.3 Å². The molecule has 0 heterocycles. The first-order chi connectivity index (χ1) is 9.97. The Hall–Kier alpha value is -0.0536. The maximum Gasteiger partial charge on any atom is 1.00 e. The van der Waals surface area contributed by atoms with Gasteiger partial charge in [-0.3, -0.25) is 10.1 Å². The number of ether oxygens (including phenoxy) is 2. The third-order valence-corrected chi connectivity index (χ3v) is 2.23. The van der Waals surface area contributed by atoms with Crippen LogP contribution in [0.3, 0.4) is 0 Å². The van der Waals surface area contributed by atoms with Gasteiger partial charge in [-0.2, -0.15) is 0 Å². The fraction of sp³-hybridized carbons (Fsp3) is 0.467. The number of rotatable bonds is 5. The largest absolute Gasteiger partial charge is 1.00 e. The monoisotopic (exact) mass is 351 g/mol. The summed E-state index contributed by atoms with van der Waals surface area (Å²) < 4.78 is 9.74. The second-order valence-corrected chi connectivity index (χ2v) is 4.82. The van der Waals surface area contributed by atoms with Crippen LogP contribution in [0.4, 0.5) is 10.5 Å². The van der Waals surface area contributed by atoms with E-state index >= 15 is 0 Å². The minimum absolute atomic E-state index is 0. The van der Waals surface area contributed by atoms with Gasteiger partial charge in [0.15, 0.2) is 0 Å². The molecular weight excluding hydrogens is 329 g/mol. The van der Waals surface area contributed by atoms with Crippen molar-refractivity contribution >= 4 is 30.4 Å². The minimum atomic E-state index is -0.538. The molecule has 0 aliphatic heterocycles. The van der Waals surface area contributed by atoms with E-state index < -0.39 is 6.09 Å². The second kappa shape index (κ2) is 14.5. The molecule has 0 saturated heterocycles. The fourth-order valence-corrected chi connectivity index (χ4v) is 1.28. The molecule has 1 rings (SSSR count). The second-order valence-electron chi connectivity index (χ2n) is 4.01. The van der Waals surface area contributed by atoms with Gasteiger partial charge < -0.3 is 22.1 Å². The standard InChI is InChI=1S/C13H17NO4S.C2H6.K/c1-9(19)7-18-13(16)14-12-5-3-11(4-6-12)8-17-10(2)15;1-2;/h3-6,9,19H,7-8H2,1-2H3,(H,14,16);1-2H3;/q;;+1/p-1. The van der Waals surface area contributed by atoms with E-state index in [0.29, 0.717) is 5.69 Å². The Morgan fingerprint density at radius 3 is 2.18 bits per heavy atom. The predicted octanol–water partition coefficient (Wildman–Crippen LogP) is 0.264. The molecule has 0 aliphatic rings. The van der Waals surface area contributed by atoms with E-state index in [9.17, 15) is 9.59 Å². The summed E-state index contributed by atoms with van der Waals surface area (Å²) >= 11 is 4.88. The summed E-state index contributed by atoms with van der Waals surface area (Å²) in [7, 11) is 0. The van der Waals surface area contributed by atoms with Gasteiger partial charge in [0.05, 0.1) is 6.61 Å². The number of amides is 1. The van der Waals surface area contributed by atoms with Crippen LogP contribution in [-0.2, 0) is 33.5 Å². The van der Waals surface area contributed by atoms with Gasteiger partial charge in [0.25, 0.3) is 0 Å². The zero-order chi connectivity index (χ0) is 16.3. The minimum Gasteiger partial charge on any atom is -0.786 e. The summed E-state index contributed by atoms with van der Waals surface area (Å²) in [5.74, 6) is -0.330. The van der Waals surface area contributed by atoms with E-state index in [1.165, 1.54) is 6.92 Å². The summed E-state index contributed by atoms with van der Waals surface area (Å²) in [6, 6.07) is 6.93. The van der Waals surface area contributed by atoms with Crippen molar-refractivity contribution in [2.45, 2.75) is 39.6 Å². The number of esters is 1. The zero-order valence-corrected chi connectivity index (χ0v) is 17.8. The maximum absolute atomic E-state index is 11.4. The van der Waals surface area contributed by atoms with Gasteiger partial charge in [0.1, 0.15) is 6.61 Å². The number of anilines is 1. The van der Waals surface area contributed by atoms with Crippen molar-refractivity contribution in [1.82, 2.24) is 0 Å². The Morgan fingerprint density at radius 2 is 1.73 bits per heavy atom. The molecule has 22 heavy (non-hydrogen) atoms. The smallest absolute Gasteiger partial charge is 0.786 e. The predicted molar refractivity (Wildman–Crippen MR) is 85.1 cm³/mol. The van der Waals surface area contributed by atoms with Gasteiger partial charge in [0, 0.05) is 12.6 Å². The Kier molecular flexibility index (Phi) is 16.0. The van der Waals surface area contributed by atoms with Gasteiger partial charge in [0.2, 0.25) is 0 Å². The summed E-state index contributed by atoms with van der Waals surface area (Å²) in [6.45, 7) is 7.55. The van der Waals surface area contributed by atoms with Crippen molar-refractivity contribution in [2.24, 2.45) is 0 Å². The van der Waals surface area contributed by atoms with Crippen LogP contribution in [0.1, 0.15) is 33.3 Å². The topological polar surface area (TPSA) is 64.6 Å². The average molecular weight is 352 g/mol. The van der Waals surface area contributed by atoms with Crippen molar-refractivity contribution in [3.63, 3.8) is 0 Å². The number of hydrogen-bond donors (Lipinski definition) is 1. The van der Waals surface area contributed by atoms with Crippen molar-refractivity contribution < 1.29 is 70.4 Å². The molecule has 0 bridgehead atoms. The molecule has 1 atom stereocenters. The molecule has 7 heteroatoms. The van der Waals surface area contributed by atoms with Gasteiger partial charge in [-0.05, 0) is 17.7 Å². The molecule has 118 valence electrons. The first-order valence-electron chi connectivity index (χ1n) is 6.79. The molecule has 1 unspecified atom stereocenters. The van der Waals surface area contributed by atoms with Crippen LogP contribution in [0.5, 0.6) is 0 Å². The van der Waals surface area contributed by atoms with E-state index in [4.69, 9.17) is 22.1 Å². The molecular formula is C15H22KNO4S. The van der Waals surface area contributed by atoms with E-state index in [1.807, 2.05) is 13.8 Å².